The van der Waals surface area contributed by atoms with Gasteiger partial charge in [0, 0.05) is 6.04 Å². The zero-order valence-corrected chi connectivity index (χ0v) is 11.1. The summed E-state index contributed by atoms with van der Waals surface area (Å²) in [5.74, 6) is 1.41. The van der Waals surface area contributed by atoms with Gasteiger partial charge in [0.2, 0.25) is 5.88 Å². The van der Waals surface area contributed by atoms with Crippen molar-refractivity contribution in [3.05, 3.63) is 12.1 Å². The van der Waals surface area contributed by atoms with Crippen LogP contribution in [0.2, 0.25) is 0 Å². The van der Waals surface area contributed by atoms with E-state index >= 15 is 0 Å². The summed E-state index contributed by atoms with van der Waals surface area (Å²) in [6.07, 6.45) is 7.80. The zero-order valence-electron chi connectivity index (χ0n) is 11.1. The van der Waals surface area contributed by atoms with Crippen molar-refractivity contribution in [3.63, 3.8) is 0 Å². The Morgan fingerprint density at radius 2 is 2.00 bits per heavy atom. The van der Waals surface area contributed by atoms with Crippen LogP contribution in [0.15, 0.2) is 12.1 Å². The minimum absolute atomic E-state index is 0.538. The molecule has 0 amide bonds. The molecule has 0 spiro atoms. The minimum Gasteiger partial charge on any atom is -0.476 e. The number of nitrogens with two attached hydrogens (primary N) is 1. The van der Waals surface area contributed by atoms with Crippen molar-refractivity contribution in [1.82, 2.24) is 4.98 Å². The monoisotopic (exact) mass is 249 g/mol. The molecule has 0 saturated heterocycles. The second-order valence-electron chi connectivity index (χ2n) is 4.86. The number of nitrogens with one attached hydrogen (secondary N) is 1. The van der Waals surface area contributed by atoms with Crippen LogP contribution < -0.4 is 15.8 Å². The van der Waals surface area contributed by atoms with Gasteiger partial charge in [-0.3, -0.25) is 0 Å². The van der Waals surface area contributed by atoms with Gasteiger partial charge in [-0.25, -0.2) is 0 Å². The summed E-state index contributed by atoms with van der Waals surface area (Å²) >= 11 is 0. The van der Waals surface area contributed by atoms with Crippen LogP contribution in [0.3, 0.4) is 0 Å². The SMILES string of the molecule is CCOc1nc(NC2CCCCCC2)ccc1N. The molecular weight excluding hydrogens is 226 g/mol. The van der Waals surface area contributed by atoms with Crippen LogP contribution in [-0.4, -0.2) is 17.6 Å². The molecule has 100 valence electrons. The van der Waals surface area contributed by atoms with E-state index in [1.54, 1.807) is 0 Å². The minimum atomic E-state index is 0.538. The molecule has 18 heavy (non-hydrogen) atoms. The molecule has 0 aliphatic heterocycles. The number of anilines is 2. The van der Waals surface area contributed by atoms with Crippen LogP contribution >= 0.6 is 0 Å². The fourth-order valence-corrected chi connectivity index (χ4v) is 2.42. The van der Waals surface area contributed by atoms with Gasteiger partial charge in [-0.15, -0.1) is 0 Å². The lowest BCUT2D eigenvalue weighted by Crippen LogP contribution is -2.19. The van der Waals surface area contributed by atoms with Crippen LogP contribution in [0.4, 0.5) is 11.5 Å². The number of ether oxygens (including phenoxy) is 1. The Morgan fingerprint density at radius 3 is 2.67 bits per heavy atom. The highest BCUT2D eigenvalue weighted by atomic mass is 16.5. The van der Waals surface area contributed by atoms with Gasteiger partial charge in [-0.05, 0) is 31.9 Å². The van der Waals surface area contributed by atoms with Crippen molar-refractivity contribution in [2.45, 2.75) is 51.5 Å². The third-order valence-corrected chi connectivity index (χ3v) is 3.38. The number of nitrogens with zero attached hydrogens (tertiary/aromatic N) is 1. The van der Waals surface area contributed by atoms with E-state index in [1.165, 1.54) is 38.5 Å². The summed E-state index contributed by atoms with van der Waals surface area (Å²) in [7, 11) is 0. The van der Waals surface area contributed by atoms with Crippen molar-refractivity contribution in [3.8, 4) is 5.88 Å². The first kappa shape index (κ1) is 13.0. The maximum Gasteiger partial charge on any atom is 0.239 e. The molecule has 1 aromatic rings. The van der Waals surface area contributed by atoms with Gasteiger partial charge in [0.1, 0.15) is 5.82 Å². The quantitative estimate of drug-likeness (QED) is 0.804. The maximum absolute atomic E-state index is 5.82. The van der Waals surface area contributed by atoms with Crippen LogP contribution in [0.5, 0.6) is 5.88 Å². The average molecular weight is 249 g/mol. The van der Waals surface area contributed by atoms with Crippen molar-refractivity contribution in [2.24, 2.45) is 0 Å². The van der Waals surface area contributed by atoms with Gasteiger partial charge in [0.05, 0.1) is 12.3 Å². The lowest BCUT2D eigenvalue weighted by Gasteiger charge is -2.17. The number of hydrogen-bond acceptors (Lipinski definition) is 4. The highest BCUT2D eigenvalue weighted by Crippen LogP contribution is 2.24. The van der Waals surface area contributed by atoms with E-state index in [2.05, 4.69) is 10.3 Å². The number of rotatable bonds is 4. The molecule has 4 heteroatoms. The Balaban J connectivity index is 2.01. The Morgan fingerprint density at radius 1 is 1.28 bits per heavy atom. The molecule has 1 heterocycles. The molecular formula is C14H23N3O. The lowest BCUT2D eigenvalue weighted by molar-refractivity contribution is 0.329. The highest BCUT2D eigenvalue weighted by Gasteiger charge is 2.13. The predicted molar refractivity (Wildman–Crippen MR) is 74.9 cm³/mol. The second kappa shape index (κ2) is 6.47. The van der Waals surface area contributed by atoms with Crippen molar-refractivity contribution in [2.75, 3.05) is 17.7 Å². The molecule has 3 N–H and O–H groups in total. The van der Waals surface area contributed by atoms with Crippen LogP contribution in [0, 0.1) is 0 Å². The smallest absolute Gasteiger partial charge is 0.239 e. The Kier molecular flexibility index (Phi) is 4.67. The maximum atomic E-state index is 5.82. The van der Waals surface area contributed by atoms with E-state index < -0.39 is 0 Å². The molecule has 0 radical (unpaired) electrons. The van der Waals surface area contributed by atoms with E-state index in [-0.39, 0.29) is 0 Å². The third kappa shape index (κ3) is 3.52. The summed E-state index contributed by atoms with van der Waals surface area (Å²) in [5, 5.41) is 3.50. The van der Waals surface area contributed by atoms with Crippen LogP contribution in [0.25, 0.3) is 0 Å². The summed E-state index contributed by atoms with van der Waals surface area (Å²) in [6, 6.07) is 4.33. The van der Waals surface area contributed by atoms with E-state index in [4.69, 9.17) is 10.5 Å². The average Bonchev–Trinajstić information content (AvgIpc) is 2.62. The first-order chi connectivity index (χ1) is 8.79. The molecule has 1 aliphatic carbocycles. The highest BCUT2D eigenvalue weighted by molar-refractivity contribution is 5.53. The molecule has 1 saturated carbocycles. The van der Waals surface area contributed by atoms with Gasteiger partial charge in [0.15, 0.2) is 0 Å². The number of pyridine rings is 1. The van der Waals surface area contributed by atoms with Crippen molar-refractivity contribution < 1.29 is 4.74 Å². The number of nitrogen functional groups attached to an aromatic ring is 1. The standard InChI is InChI=1S/C14H23N3O/c1-2-18-14-12(15)9-10-13(17-14)16-11-7-5-3-4-6-8-11/h9-11H,2-8,15H2,1H3,(H,16,17). The Hall–Kier alpha value is -1.45. The van der Waals surface area contributed by atoms with Crippen LogP contribution in [-0.2, 0) is 0 Å². The van der Waals surface area contributed by atoms with E-state index in [0.717, 1.165) is 5.82 Å². The number of aromatic nitrogens is 1. The van der Waals surface area contributed by atoms with Crippen LogP contribution in [0.1, 0.15) is 45.4 Å². The van der Waals surface area contributed by atoms with Crippen molar-refractivity contribution in [1.29, 1.82) is 0 Å². The number of hydrogen-bond donors (Lipinski definition) is 2. The fourth-order valence-electron chi connectivity index (χ4n) is 2.42. The molecule has 0 atom stereocenters. The predicted octanol–water partition coefficient (Wildman–Crippen LogP) is 3.20. The van der Waals surface area contributed by atoms with Crippen molar-refractivity contribution >= 4 is 11.5 Å². The topological polar surface area (TPSA) is 60.2 Å². The molecule has 0 bridgehead atoms. The van der Waals surface area contributed by atoms with Gasteiger partial charge in [0.25, 0.3) is 0 Å². The molecule has 4 nitrogen and oxygen atoms in total. The van der Waals surface area contributed by atoms with Gasteiger partial charge < -0.3 is 15.8 Å². The summed E-state index contributed by atoms with van der Waals surface area (Å²) in [5.41, 5.74) is 6.42. The summed E-state index contributed by atoms with van der Waals surface area (Å²) in [6.45, 7) is 2.52. The largest absolute Gasteiger partial charge is 0.476 e. The van der Waals surface area contributed by atoms with Gasteiger partial charge in [-0.1, -0.05) is 25.7 Å². The summed E-state index contributed by atoms with van der Waals surface area (Å²) in [4.78, 5) is 4.43. The molecule has 1 aliphatic rings. The molecule has 0 unspecified atom stereocenters. The normalized spacial score (nSPS) is 17.2. The second-order valence-corrected chi connectivity index (χ2v) is 4.86. The zero-order chi connectivity index (χ0) is 12.8. The lowest BCUT2D eigenvalue weighted by atomic mass is 10.1. The first-order valence-electron chi connectivity index (χ1n) is 6.95. The molecule has 2 rings (SSSR count). The van der Waals surface area contributed by atoms with Gasteiger partial charge in [-0.2, -0.15) is 4.98 Å². The van der Waals surface area contributed by atoms with Gasteiger partial charge >= 0.3 is 0 Å². The molecule has 1 fully saturated rings. The summed E-state index contributed by atoms with van der Waals surface area (Å²) < 4.78 is 5.42. The van der Waals surface area contributed by atoms with E-state index in [0.29, 0.717) is 24.2 Å². The molecule has 1 aromatic heterocycles. The third-order valence-electron chi connectivity index (χ3n) is 3.38. The first-order valence-corrected chi connectivity index (χ1v) is 6.95. The Labute approximate surface area is 109 Å². The molecule has 0 aromatic carbocycles. The van der Waals surface area contributed by atoms with E-state index in [1.807, 2.05) is 19.1 Å². The fraction of sp³-hybridized carbons (Fsp3) is 0.643. The van der Waals surface area contributed by atoms with E-state index in [9.17, 15) is 0 Å². The Bertz CT molecular complexity index is 373.